The van der Waals surface area contributed by atoms with Crippen molar-refractivity contribution in [3.63, 3.8) is 0 Å². The van der Waals surface area contributed by atoms with Gasteiger partial charge in [0.05, 0.1) is 12.6 Å². The highest BCUT2D eigenvalue weighted by molar-refractivity contribution is 5.94. The third kappa shape index (κ3) is 15.6. The van der Waals surface area contributed by atoms with Gasteiger partial charge >= 0.3 is 5.97 Å². The SMILES string of the molecule is C[C@H](NC(=O)[C@H](CCCN=C(N)N)NC(=O)[C@@H](N)CCCN=C(N)N)C(=O)NCC(=O)NCC(=O)O. The molecule has 0 aromatic carbocycles. The summed E-state index contributed by atoms with van der Waals surface area (Å²) >= 11 is 0. The van der Waals surface area contributed by atoms with E-state index >= 15 is 0 Å². The van der Waals surface area contributed by atoms with Crippen LogP contribution >= 0.6 is 0 Å². The number of rotatable bonds is 17. The van der Waals surface area contributed by atoms with Crippen molar-refractivity contribution in [3.8, 4) is 0 Å². The predicted molar refractivity (Wildman–Crippen MR) is 131 cm³/mol. The number of aliphatic carboxylic acids is 1. The van der Waals surface area contributed by atoms with E-state index in [0.29, 0.717) is 12.8 Å². The fraction of sp³-hybridized carbons (Fsp3) is 0.632. The van der Waals surface area contributed by atoms with E-state index in [-0.39, 0.29) is 37.9 Å². The van der Waals surface area contributed by atoms with Gasteiger partial charge in [0.1, 0.15) is 18.6 Å². The normalized spacial score (nSPS) is 12.7. The number of aliphatic imine (C=N–C) groups is 2. The maximum absolute atomic E-state index is 12.8. The van der Waals surface area contributed by atoms with Gasteiger partial charge in [-0.2, -0.15) is 0 Å². The van der Waals surface area contributed by atoms with Crippen molar-refractivity contribution in [2.24, 2.45) is 38.7 Å². The molecule has 204 valence electrons. The Morgan fingerprint density at radius 3 is 1.86 bits per heavy atom. The monoisotopic (exact) mass is 515 g/mol. The summed E-state index contributed by atoms with van der Waals surface area (Å²) in [5.74, 6) is -4.12. The molecule has 17 nitrogen and oxygen atoms in total. The Bertz CT molecular complexity index is 825. The average Bonchev–Trinajstić information content (AvgIpc) is 2.79. The zero-order valence-corrected chi connectivity index (χ0v) is 20.2. The van der Waals surface area contributed by atoms with Crippen molar-refractivity contribution >= 4 is 41.5 Å². The molecule has 0 aromatic rings. The summed E-state index contributed by atoms with van der Waals surface area (Å²) in [6.45, 7) is 0.773. The second-order valence-electron chi connectivity index (χ2n) is 7.68. The van der Waals surface area contributed by atoms with Crippen LogP contribution in [-0.4, -0.2) is 90.9 Å². The minimum atomic E-state index is -1.24. The van der Waals surface area contributed by atoms with Crippen molar-refractivity contribution < 1.29 is 29.1 Å². The first kappa shape index (κ1) is 31.9. The summed E-state index contributed by atoms with van der Waals surface area (Å²) in [6.07, 6.45) is 1.17. The van der Waals surface area contributed by atoms with Crippen LogP contribution in [0.2, 0.25) is 0 Å². The number of carbonyl (C=O) groups excluding carboxylic acids is 4. The molecule has 3 atom stereocenters. The molecule has 0 saturated carbocycles. The molecule has 0 fully saturated rings. The molecule has 0 saturated heterocycles. The fourth-order valence-electron chi connectivity index (χ4n) is 2.64. The summed E-state index contributed by atoms with van der Waals surface area (Å²) in [4.78, 5) is 67.1. The van der Waals surface area contributed by atoms with Crippen LogP contribution in [0.25, 0.3) is 0 Å². The molecule has 0 rings (SSSR count). The van der Waals surface area contributed by atoms with Gasteiger partial charge < -0.3 is 55.0 Å². The molecule has 0 bridgehead atoms. The van der Waals surface area contributed by atoms with Crippen molar-refractivity contribution in [1.29, 1.82) is 0 Å². The van der Waals surface area contributed by atoms with Gasteiger partial charge in [-0.1, -0.05) is 0 Å². The van der Waals surface area contributed by atoms with E-state index in [2.05, 4.69) is 31.3 Å². The number of hydrogen-bond acceptors (Lipinski definition) is 8. The van der Waals surface area contributed by atoms with Gasteiger partial charge in [-0.05, 0) is 32.6 Å². The summed E-state index contributed by atoms with van der Waals surface area (Å²) in [5, 5.41) is 17.9. The molecule has 36 heavy (non-hydrogen) atoms. The van der Waals surface area contributed by atoms with E-state index < -0.39 is 60.8 Å². The van der Waals surface area contributed by atoms with Crippen molar-refractivity contribution in [1.82, 2.24) is 21.3 Å². The Morgan fingerprint density at radius 1 is 0.778 bits per heavy atom. The number of carboxylic acid groups (broad SMARTS) is 1. The number of nitrogens with one attached hydrogen (secondary N) is 4. The van der Waals surface area contributed by atoms with E-state index in [1.165, 1.54) is 6.92 Å². The van der Waals surface area contributed by atoms with Gasteiger partial charge in [-0.3, -0.25) is 34.0 Å². The molecular weight excluding hydrogens is 478 g/mol. The smallest absolute Gasteiger partial charge is 0.322 e. The molecule has 17 heteroatoms. The molecule has 0 aliphatic carbocycles. The number of nitrogens with two attached hydrogens (primary N) is 5. The Hall–Kier alpha value is -4.15. The van der Waals surface area contributed by atoms with Gasteiger partial charge in [0.25, 0.3) is 0 Å². The summed E-state index contributed by atoms with van der Waals surface area (Å²) in [6, 6.07) is -3.06. The second-order valence-corrected chi connectivity index (χ2v) is 7.68. The van der Waals surface area contributed by atoms with E-state index in [0.717, 1.165) is 0 Å². The maximum atomic E-state index is 12.8. The van der Waals surface area contributed by atoms with Gasteiger partial charge in [0.2, 0.25) is 23.6 Å². The van der Waals surface area contributed by atoms with E-state index in [9.17, 15) is 24.0 Å². The second kappa shape index (κ2) is 17.3. The highest BCUT2D eigenvalue weighted by atomic mass is 16.4. The molecule has 4 amide bonds. The van der Waals surface area contributed by atoms with Crippen LogP contribution in [0, 0.1) is 0 Å². The Labute approximate surface area is 208 Å². The van der Waals surface area contributed by atoms with Crippen LogP contribution in [0.1, 0.15) is 32.6 Å². The van der Waals surface area contributed by atoms with E-state index in [4.69, 9.17) is 33.8 Å². The molecular formula is C19H37N11O6. The summed E-state index contributed by atoms with van der Waals surface area (Å²) < 4.78 is 0. The molecule has 0 spiro atoms. The zero-order valence-electron chi connectivity index (χ0n) is 20.2. The highest BCUT2D eigenvalue weighted by Crippen LogP contribution is 2.03. The molecule has 0 aliphatic rings. The standard InChI is InChI=1S/C19H37N11O6/c1-10(15(34)28-8-13(31)27-9-14(32)33)29-17(36)12(5-3-7-26-19(23)24)30-16(35)11(20)4-2-6-25-18(21)22/h10-12H,2-9,20H2,1H3,(H,27,31)(H,28,34)(H,29,36)(H,30,35)(H,32,33)(H4,21,22,25)(H4,23,24,26)/t10-,11-,12-/m0/s1. The van der Waals surface area contributed by atoms with Gasteiger partial charge in [0, 0.05) is 13.1 Å². The van der Waals surface area contributed by atoms with E-state index in [1.54, 1.807) is 0 Å². The van der Waals surface area contributed by atoms with Crippen LogP contribution < -0.4 is 49.9 Å². The minimum Gasteiger partial charge on any atom is -0.480 e. The highest BCUT2D eigenvalue weighted by Gasteiger charge is 2.26. The van der Waals surface area contributed by atoms with Crippen LogP contribution in [0.3, 0.4) is 0 Å². The van der Waals surface area contributed by atoms with Crippen molar-refractivity contribution in [2.75, 3.05) is 26.2 Å². The average molecular weight is 516 g/mol. The first-order valence-corrected chi connectivity index (χ1v) is 11.1. The summed E-state index contributed by atoms with van der Waals surface area (Å²) in [5.41, 5.74) is 26.9. The lowest BCUT2D eigenvalue weighted by molar-refractivity contribution is -0.138. The number of carbonyl (C=O) groups is 5. The Morgan fingerprint density at radius 2 is 1.33 bits per heavy atom. The molecule has 0 radical (unpaired) electrons. The summed E-state index contributed by atoms with van der Waals surface area (Å²) in [7, 11) is 0. The lowest BCUT2D eigenvalue weighted by Gasteiger charge is -2.22. The minimum absolute atomic E-state index is 0.0791. The van der Waals surface area contributed by atoms with Crippen LogP contribution in [0.15, 0.2) is 9.98 Å². The third-order valence-corrected chi connectivity index (χ3v) is 4.49. The quantitative estimate of drug-likeness (QED) is 0.0495. The topological polar surface area (TPSA) is 309 Å². The van der Waals surface area contributed by atoms with Gasteiger partial charge in [0.15, 0.2) is 11.9 Å². The molecule has 0 heterocycles. The molecule has 15 N–H and O–H groups in total. The van der Waals surface area contributed by atoms with Gasteiger partial charge in [-0.25, -0.2) is 0 Å². The first-order chi connectivity index (χ1) is 16.8. The number of carboxylic acids is 1. The number of amides is 4. The van der Waals surface area contributed by atoms with Crippen LogP contribution in [-0.2, 0) is 24.0 Å². The van der Waals surface area contributed by atoms with Crippen molar-refractivity contribution in [2.45, 2.75) is 50.7 Å². The lowest BCUT2D eigenvalue weighted by Crippen LogP contribution is -2.55. The molecule has 0 unspecified atom stereocenters. The number of hydrogen-bond donors (Lipinski definition) is 10. The van der Waals surface area contributed by atoms with Crippen LogP contribution in [0.4, 0.5) is 0 Å². The fourth-order valence-corrected chi connectivity index (χ4v) is 2.64. The van der Waals surface area contributed by atoms with E-state index in [1.807, 2.05) is 0 Å². The van der Waals surface area contributed by atoms with Gasteiger partial charge in [-0.15, -0.1) is 0 Å². The Kier molecular flexibility index (Phi) is 15.3. The predicted octanol–water partition coefficient (Wildman–Crippen LogP) is -5.27. The van der Waals surface area contributed by atoms with Crippen LogP contribution in [0.5, 0.6) is 0 Å². The third-order valence-electron chi connectivity index (χ3n) is 4.49. The number of guanidine groups is 2. The molecule has 0 aliphatic heterocycles. The lowest BCUT2D eigenvalue weighted by atomic mass is 10.1. The Balaban J connectivity index is 4.96. The maximum Gasteiger partial charge on any atom is 0.322 e. The number of nitrogens with zero attached hydrogens (tertiary/aromatic N) is 2. The molecule has 0 aromatic heterocycles. The largest absolute Gasteiger partial charge is 0.480 e. The van der Waals surface area contributed by atoms with Crippen molar-refractivity contribution in [3.05, 3.63) is 0 Å². The zero-order chi connectivity index (χ0) is 27.7. The first-order valence-electron chi connectivity index (χ1n) is 11.1.